The smallest absolute Gasteiger partial charge is 0.262 e. The van der Waals surface area contributed by atoms with E-state index < -0.39 is 23.8 Å². The fourth-order valence-corrected chi connectivity index (χ4v) is 3.60. The Balaban J connectivity index is 1.69. The summed E-state index contributed by atoms with van der Waals surface area (Å²) in [5.74, 6) is -2.24. The lowest BCUT2D eigenvalue weighted by Gasteiger charge is -2.28. The maximum absolute atomic E-state index is 12.9. The van der Waals surface area contributed by atoms with Crippen molar-refractivity contribution in [1.29, 1.82) is 0 Å². The number of hydrogen-bond acceptors (Lipinski definition) is 4. The molecule has 2 aromatic rings. The Hall–Kier alpha value is -3.48. The zero-order valence-electron chi connectivity index (χ0n) is 17.3. The maximum Gasteiger partial charge on any atom is 0.262 e. The Bertz CT molecular complexity index is 964. The Morgan fingerprint density at radius 2 is 1.50 bits per heavy atom. The lowest BCUT2D eigenvalue weighted by Crippen LogP contribution is -2.53. The first-order chi connectivity index (χ1) is 14.3. The molecule has 0 fully saturated rings. The Morgan fingerprint density at radius 3 is 2.07 bits per heavy atom. The first-order valence-electron chi connectivity index (χ1n) is 9.97. The SMILES string of the molecule is CCc1ccccc1NC(=O)CNC(=O)[C@H](C(C)C)N1C(=O)c2ccccc2C1=O. The molecule has 0 unspecified atom stereocenters. The molecule has 1 aliphatic heterocycles. The van der Waals surface area contributed by atoms with Crippen molar-refractivity contribution in [3.05, 3.63) is 65.2 Å². The van der Waals surface area contributed by atoms with Gasteiger partial charge in [-0.2, -0.15) is 0 Å². The van der Waals surface area contributed by atoms with E-state index in [0.717, 1.165) is 16.9 Å². The minimum absolute atomic E-state index is 0.261. The Labute approximate surface area is 175 Å². The number of imide groups is 1. The number of nitrogens with zero attached hydrogens (tertiary/aromatic N) is 1. The highest BCUT2D eigenvalue weighted by molar-refractivity contribution is 6.22. The summed E-state index contributed by atoms with van der Waals surface area (Å²) in [6.07, 6.45) is 0.762. The van der Waals surface area contributed by atoms with Gasteiger partial charge in [0.05, 0.1) is 17.7 Å². The normalized spacial score (nSPS) is 13.9. The molecule has 30 heavy (non-hydrogen) atoms. The van der Waals surface area contributed by atoms with Crippen LogP contribution in [-0.2, 0) is 16.0 Å². The van der Waals surface area contributed by atoms with E-state index in [4.69, 9.17) is 0 Å². The molecule has 0 saturated carbocycles. The van der Waals surface area contributed by atoms with Crippen molar-refractivity contribution in [3.8, 4) is 0 Å². The van der Waals surface area contributed by atoms with E-state index in [-0.39, 0.29) is 29.5 Å². The number of rotatable bonds is 7. The molecule has 1 atom stereocenters. The predicted octanol–water partition coefficient (Wildman–Crippen LogP) is 2.62. The third kappa shape index (κ3) is 4.10. The van der Waals surface area contributed by atoms with E-state index >= 15 is 0 Å². The van der Waals surface area contributed by atoms with Crippen molar-refractivity contribution in [3.63, 3.8) is 0 Å². The van der Waals surface area contributed by atoms with Crippen molar-refractivity contribution < 1.29 is 19.2 Å². The number of amides is 4. The molecule has 0 radical (unpaired) electrons. The molecule has 2 N–H and O–H groups in total. The summed E-state index contributed by atoms with van der Waals surface area (Å²) < 4.78 is 0. The standard InChI is InChI=1S/C23H25N3O4/c1-4-15-9-5-8-12-18(15)25-19(27)13-24-21(28)20(14(2)3)26-22(29)16-10-6-7-11-17(16)23(26)30/h5-12,14,20H,4,13H2,1-3H3,(H,24,28)(H,25,27)/t20-/m0/s1. The van der Waals surface area contributed by atoms with Gasteiger partial charge in [0.15, 0.2) is 0 Å². The molecule has 2 aromatic carbocycles. The van der Waals surface area contributed by atoms with Crippen molar-refractivity contribution in [1.82, 2.24) is 10.2 Å². The highest BCUT2D eigenvalue weighted by atomic mass is 16.2. The zero-order valence-corrected chi connectivity index (χ0v) is 17.3. The number of nitrogens with one attached hydrogen (secondary N) is 2. The minimum Gasteiger partial charge on any atom is -0.345 e. The van der Waals surface area contributed by atoms with Gasteiger partial charge in [0, 0.05) is 5.69 Å². The monoisotopic (exact) mass is 407 g/mol. The minimum atomic E-state index is -1.01. The van der Waals surface area contributed by atoms with Gasteiger partial charge in [0.1, 0.15) is 6.04 Å². The average Bonchev–Trinajstić information content (AvgIpc) is 2.98. The second kappa shape index (κ2) is 8.90. The highest BCUT2D eigenvalue weighted by Crippen LogP contribution is 2.27. The largest absolute Gasteiger partial charge is 0.345 e. The Kier molecular flexibility index (Phi) is 6.30. The third-order valence-electron chi connectivity index (χ3n) is 5.10. The summed E-state index contributed by atoms with van der Waals surface area (Å²) in [6.45, 7) is 5.24. The molecule has 0 aliphatic carbocycles. The predicted molar refractivity (Wildman–Crippen MR) is 113 cm³/mol. The molecule has 7 nitrogen and oxygen atoms in total. The van der Waals surface area contributed by atoms with Crippen LogP contribution in [-0.4, -0.2) is 41.1 Å². The van der Waals surface area contributed by atoms with Crippen LogP contribution in [0.25, 0.3) is 0 Å². The summed E-state index contributed by atoms with van der Waals surface area (Å²) in [7, 11) is 0. The van der Waals surface area contributed by atoms with E-state index in [1.807, 2.05) is 25.1 Å². The fraction of sp³-hybridized carbons (Fsp3) is 0.304. The molecule has 0 saturated heterocycles. The van der Waals surface area contributed by atoms with E-state index in [1.54, 1.807) is 44.2 Å². The number of fused-ring (bicyclic) bond motifs is 1. The molecule has 7 heteroatoms. The zero-order chi connectivity index (χ0) is 21.8. The van der Waals surface area contributed by atoms with Gasteiger partial charge in [-0.05, 0) is 36.1 Å². The van der Waals surface area contributed by atoms with Gasteiger partial charge in [-0.3, -0.25) is 24.1 Å². The van der Waals surface area contributed by atoms with Crippen molar-refractivity contribution >= 4 is 29.3 Å². The van der Waals surface area contributed by atoms with Crippen LogP contribution >= 0.6 is 0 Å². The van der Waals surface area contributed by atoms with Crippen LogP contribution in [0.4, 0.5) is 5.69 Å². The second-order valence-electron chi connectivity index (χ2n) is 7.49. The number of benzene rings is 2. The molecule has 0 aromatic heterocycles. The summed E-state index contributed by atoms with van der Waals surface area (Å²) in [6, 6.07) is 12.9. The number of aryl methyl sites for hydroxylation is 1. The number of carbonyl (C=O) groups excluding carboxylic acids is 4. The van der Waals surface area contributed by atoms with Crippen LogP contribution in [0.3, 0.4) is 0 Å². The van der Waals surface area contributed by atoms with Crippen LogP contribution in [0.1, 0.15) is 47.1 Å². The van der Waals surface area contributed by atoms with Crippen LogP contribution in [0, 0.1) is 5.92 Å². The molecule has 3 rings (SSSR count). The van der Waals surface area contributed by atoms with Crippen LogP contribution in [0.15, 0.2) is 48.5 Å². The molecule has 1 heterocycles. The molecule has 0 bridgehead atoms. The summed E-state index contributed by atoms with van der Waals surface area (Å²) in [5, 5.41) is 5.35. The second-order valence-corrected chi connectivity index (χ2v) is 7.49. The average molecular weight is 407 g/mol. The van der Waals surface area contributed by atoms with Crippen LogP contribution in [0.2, 0.25) is 0 Å². The molecular weight excluding hydrogens is 382 g/mol. The van der Waals surface area contributed by atoms with Gasteiger partial charge >= 0.3 is 0 Å². The topological polar surface area (TPSA) is 95.6 Å². The van der Waals surface area contributed by atoms with Gasteiger partial charge in [0.25, 0.3) is 11.8 Å². The molecular formula is C23H25N3O4. The van der Waals surface area contributed by atoms with E-state index in [2.05, 4.69) is 10.6 Å². The van der Waals surface area contributed by atoms with E-state index in [1.165, 1.54) is 0 Å². The molecule has 156 valence electrons. The van der Waals surface area contributed by atoms with Crippen molar-refractivity contribution in [2.45, 2.75) is 33.2 Å². The number of anilines is 1. The first-order valence-corrected chi connectivity index (χ1v) is 9.97. The lowest BCUT2D eigenvalue weighted by atomic mass is 10.0. The van der Waals surface area contributed by atoms with Crippen LogP contribution < -0.4 is 10.6 Å². The van der Waals surface area contributed by atoms with Gasteiger partial charge in [-0.1, -0.05) is 51.1 Å². The summed E-state index contributed by atoms with van der Waals surface area (Å²) in [4.78, 5) is 51.7. The maximum atomic E-state index is 12.9. The van der Waals surface area contributed by atoms with E-state index in [9.17, 15) is 19.2 Å². The summed E-state index contributed by atoms with van der Waals surface area (Å²) in [5.41, 5.74) is 2.26. The third-order valence-corrected chi connectivity index (χ3v) is 5.10. The summed E-state index contributed by atoms with van der Waals surface area (Å²) >= 11 is 0. The highest BCUT2D eigenvalue weighted by Gasteiger charge is 2.43. The van der Waals surface area contributed by atoms with Gasteiger partial charge < -0.3 is 10.6 Å². The van der Waals surface area contributed by atoms with Gasteiger partial charge in [-0.25, -0.2) is 0 Å². The van der Waals surface area contributed by atoms with Gasteiger partial charge in [-0.15, -0.1) is 0 Å². The van der Waals surface area contributed by atoms with Crippen molar-refractivity contribution in [2.75, 3.05) is 11.9 Å². The molecule has 4 amide bonds. The number of carbonyl (C=O) groups is 4. The van der Waals surface area contributed by atoms with E-state index in [0.29, 0.717) is 5.69 Å². The quantitative estimate of drug-likeness (QED) is 0.690. The van der Waals surface area contributed by atoms with Crippen LogP contribution in [0.5, 0.6) is 0 Å². The van der Waals surface area contributed by atoms with Gasteiger partial charge in [0.2, 0.25) is 11.8 Å². The molecule has 0 spiro atoms. The fourth-order valence-electron chi connectivity index (χ4n) is 3.60. The molecule has 1 aliphatic rings. The Morgan fingerprint density at radius 1 is 0.933 bits per heavy atom. The van der Waals surface area contributed by atoms with Crippen molar-refractivity contribution in [2.24, 2.45) is 5.92 Å². The number of para-hydroxylation sites is 1. The lowest BCUT2D eigenvalue weighted by molar-refractivity contribution is -0.128. The number of hydrogen-bond donors (Lipinski definition) is 2. The first kappa shape index (κ1) is 21.2.